The third kappa shape index (κ3) is 4.35. The van der Waals surface area contributed by atoms with Gasteiger partial charge in [-0.2, -0.15) is 0 Å². The van der Waals surface area contributed by atoms with Crippen LogP contribution in [0.25, 0.3) is 0 Å². The van der Waals surface area contributed by atoms with E-state index in [1.807, 2.05) is 17.5 Å². The van der Waals surface area contributed by atoms with Gasteiger partial charge < -0.3 is 5.32 Å². The molecule has 1 aromatic heterocycles. The molecule has 0 aliphatic rings. The number of carbonyl (C=O) groups excluding carboxylic acids is 1. The molecule has 16 heavy (non-hydrogen) atoms. The van der Waals surface area contributed by atoms with Crippen LogP contribution in [0.4, 0.5) is 0 Å². The molecule has 0 spiro atoms. The maximum Gasteiger partial charge on any atom is 0.261 e. The summed E-state index contributed by atoms with van der Waals surface area (Å²) in [6.45, 7) is 5.21. The molecule has 90 valence electrons. The first kappa shape index (κ1) is 13.2. The van der Waals surface area contributed by atoms with E-state index in [2.05, 4.69) is 19.2 Å². The number of amides is 1. The van der Waals surface area contributed by atoms with Gasteiger partial charge in [0.2, 0.25) is 0 Å². The summed E-state index contributed by atoms with van der Waals surface area (Å²) in [6, 6.07) is 3.78. The smallest absolute Gasteiger partial charge is 0.261 e. The number of hydrogen-bond acceptors (Lipinski definition) is 2. The van der Waals surface area contributed by atoms with Gasteiger partial charge in [-0.3, -0.25) is 4.79 Å². The van der Waals surface area contributed by atoms with Gasteiger partial charge >= 0.3 is 0 Å². The molecule has 0 saturated heterocycles. The molecule has 0 aliphatic heterocycles. The minimum atomic E-state index is 0.0740. The van der Waals surface area contributed by atoms with Gasteiger partial charge in [0.05, 0.1) is 4.88 Å². The Bertz CT molecular complexity index is 295. The molecule has 0 saturated carbocycles. The van der Waals surface area contributed by atoms with Crippen LogP contribution < -0.4 is 5.32 Å². The van der Waals surface area contributed by atoms with Gasteiger partial charge in [-0.1, -0.05) is 39.2 Å². The number of rotatable bonds is 7. The van der Waals surface area contributed by atoms with E-state index in [1.54, 1.807) is 0 Å². The van der Waals surface area contributed by atoms with Crippen molar-refractivity contribution in [3.05, 3.63) is 22.4 Å². The molecule has 0 aliphatic carbocycles. The molecule has 0 radical (unpaired) electrons. The van der Waals surface area contributed by atoms with E-state index >= 15 is 0 Å². The topological polar surface area (TPSA) is 29.1 Å². The van der Waals surface area contributed by atoms with Crippen molar-refractivity contribution in [1.82, 2.24) is 5.32 Å². The van der Waals surface area contributed by atoms with Crippen LogP contribution in [0.15, 0.2) is 17.5 Å². The molecular formula is C13H21NOS. The lowest BCUT2D eigenvalue weighted by Crippen LogP contribution is -2.28. The third-order valence-corrected chi connectivity index (χ3v) is 3.71. The van der Waals surface area contributed by atoms with E-state index in [4.69, 9.17) is 0 Å². The number of thiophene rings is 1. The van der Waals surface area contributed by atoms with Crippen molar-refractivity contribution in [2.75, 3.05) is 6.54 Å². The highest BCUT2D eigenvalue weighted by Gasteiger charge is 2.10. The minimum Gasteiger partial charge on any atom is -0.351 e. The summed E-state index contributed by atoms with van der Waals surface area (Å²) < 4.78 is 0. The predicted octanol–water partition coefficient (Wildman–Crippen LogP) is 3.69. The largest absolute Gasteiger partial charge is 0.351 e. The molecule has 0 fully saturated rings. The molecule has 1 rings (SSSR count). The fraction of sp³-hybridized carbons (Fsp3) is 0.615. The summed E-state index contributed by atoms with van der Waals surface area (Å²) in [7, 11) is 0. The van der Waals surface area contributed by atoms with Crippen molar-refractivity contribution in [1.29, 1.82) is 0 Å². The lowest BCUT2D eigenvalue weighted by atomic mass is 9.99. The van der Waals surface area contributed by atoms with Crippen LogP contribution in [0.2, 0.25) is 0 Å². The molecule has 2 nitrogen and oxygen atoms in total. The van der Waals surface area contributed by atoms with Crippen molar-refractivity contribution in [2.24, 2.45) is 5.92 Å². The predicted molar refractivity (Wildman–Crippen MR) is 70.0 cm³/mol. The zero-order chi connectivity index (χ0) is 11.8. The van der Waals surface area contributed by atoms with Crippen LogP contribution in [-0.4, -0.2) is 12.5 Å². The Hall–Kier alpha value is -0.830. The lowest BCUT2D eigenvalue weighted by Gasteiger charge is -2.14. The van der Waals surface area contributed by atoms with Gasteiger partial charge in [0.1, 0.15) is 0 Å². The quantitative estimate of drug-likeness (QED) is 0.772. The normalized spacial score (nSPS) is 12.4. The minimum absolute atomic E-state index is 0.0740. The van der Waals surface area contributed by atoms with Gasteiger partial charge in [0.25, 0.3) is 5.91 Å². The Balaban J connectivity index is 2.29. The fourth-order valence-corrected chi connectivity index (χ4v) is 2.32. The van der Waals surface area contributed by atoms with E-state index in [0.29, 0.717) is 5.92 Å². The first-order valence-electron chi connectivity index (χ1n) is 6.09. The Morgan fingerprint density at radius 2 is 2.31 bits per heavy atom. The summed E-state index contributed by atoms with van der Waals surface area (Å²) in [5.41, 5.74) is 0. The number of nitrogens with one attached hydrogen (secondary N) is 1. The summed E-state index contributed by atoms with van der Waals surface area (Å²) in [5, 5.41) is 4.95. The maximum atomic E-state index is 11.7. The SMILES string of the molecule is CCCC[C@H](CC)CNC(=O)c1cccs1. The summed E-state index contributed by atoms with van der Waals surface area (Å²) in [5.74, 6) is 0.703. The van der Waals surface area contributed by atoms with Gasteiger partial charge in [0, 0.05) is 6.54 Å². The molecule has 3 heteroatoms. The third-order valence-electron chi connectivity index (χ3n) is 2.84. The van der Waals surface area contributed by atoms with E-state index in [-0.39, 0.29) is 5.91 Å². The summed E-state index contributed by atoms with van der Waals surface area (Å²) in [4.78, 5) is 12.5. The second-order valence-corrected chi connectivity index (χ2v) is 5.05. The number of unbranched alkanes of at least 4 members (excludes halogenated alkanes) is 1. The van der Waals surface area contributed by atoms with Crippen LogP contribution in [0.3, 0.4) is 0 Å². The highest BCUT2D eigenvalue weighted by molar-refractivity contribution is 7.12. The Morgan fingerprint density at radius 1 is 1.50 bits per heavy atom. The van der Waals surface area contributed by atoms with Crippen molar-refractivity contribution in [2.45, 2.75) is 39.5 Å². The van der Waals surface area contributed by atoms with Crippen molar-refractivity contribution in [3.8, 4) is 0 Å². The lowest BCUT2D eigenvalue weighted by molar-refractivity contribution is 0.0950. The Morgan fingerprint density at radius 3 is 2.88 bits per heavy atom. The van der Waals surface area contributed by atoms with Gasteiger partial charge in [-0.25, -0.2) is 0 Å². The first-order valence-corrected chi connectivity index (χ1v) is 6.97. The van der Waals surface area contributed by atoms with E-state index in [1.165, 1.54) is 30.6 Å². The standard InChI is InChI=1S/C13H21NOS/c1-3-5-7-11(4-2)10-14-13(15)12-8-6-9-16-12/h6,8-9,11H,3-5,7,10H2,1-2H3,(H,14,15)/t11-/m0/s1. The molecule has 1 atom stereocenters. The van der Waals surface area contributed by atoms with Gasteiger partial charge in [-0.05, 0) is 23.8 Å². The number of carbonyl (C=O) groups is 1. The zero-order valence-electron chi connectivity index (χ0n) is 10.2. The maximum absolute atomic E-state index is 11.7. The second kappa shape index (κ2) is 7.44. The van der Waals surface area contributed by atoms with Crippen LogP contribution >= 0.6 is 11.3 Å². The molecule has 0 unspecified atom stereocenters. The van der Waals surface area contributed by atoms with Crippen LogP contribution in [0, 0.1) is 5.92 Å². The molecule has 1 heterocycles. The van der Waals surface area contributed by atoms with E-state index in [0.717, 1.165) is 17.8 Å². The first-order chi connectivity index (χ1) is 7.77. The van der Waals surface area contributed by atoms with Crippen molar-refractivity contribution >= 4 is 17.2 Å². The van der Waals surface area contributed by atoms with Crippen LogP contribution in [-0.2, 0) is 0 Å². The fourth-order valence-electron chi connectivity index (χ4n) is 1.68. The highest BCUT2D eigenvalue weighted by atomic mass is 32.1. The average molecular weight is 239 g/mol. The average Bonchev–Trinajstić information content (AvgIpc) is 2.82. The van der Waals surface area contributed by atoms with Crippen LogP contribution in [0.5, 0.6) is 0 Å². The van der Waals surface area contributed by atoms with E-state index < -0.39 is 0 Å². The zero-order valence-corrected chi connectivity index (χ0v) is 11.0. The molecule has 1 N–H and O–H groups in total. The number of hydrogen-bond donors (Lipinski definition) is 1. The molecule has 0 aromatic carbocycles. The Labute approximate surface area is 102 Å². The monoisotopic (exact) mass is 239 g/mol. The summed E-state index contributed by atoms with van der Waals surface area (Å²) in [6.07, 6.45) is 4.85. The molecular weight excluding hydrogens is 218 g/mol. The Kier molecular flexibility index (Phi) is 6.16. The van der Waals surface area contributed by atoms with Crippen molar-refractivity contribution < 1.29 is 4.79 Å². The molecule has 0 bridgehead atoms. The summed E-state index contributed by atoms with van der Waals surface area (Å²) >= 11 is 1.50. The van der Waals surface area contributed by atoms with E-state index in [9.17, 15) is 4.79 Å². The van der Waals surface area contributed by atoms with Gasteiger partial charge in [-0.15, -0.1) is 11.3 Å². The highest BCUT2D eigenvalue weighted by Crippen LogP contribution is 2.12. The molecule has 1 aromatic rings. The molecule has 1 amide bonds. The van der Waals surface area contributed by atoms with Crippen LogP contribution in [0.1, 0.15) is 49.2 Å². The van der Waals surface area contributed by atoms with Crippen molar-refractivity contribution in [3.63, 3.8) is 0 Å². The van der Waals surface area contributed by atoms with Gasteiger partial charge in [0.15, 0.2) is 0 Å². The second-order valence-electron chi connectivity index (χ2n) is 4.10.